The van der Waals surface area contributed by atoms with E-state index in [1.807, 2.05) is 0 Å². The number of aliphatic hydroxyl groups is 3. The van der Waals surface area contributed by atoms with Crippen molar-refractivity contribution in [3.05, 3.63) is 0 Å². The largest absolute Gasteiger partial charge is 0.454 e. The first kappa shape index (κ1) is 16.2. The molecule has 9 heteroatoms. The van der Waals surface area contributed by atoms with E-state index in [2.05, 4.69) is 17.9 Å². The van der Waals surface area contributed by atoms with Gasteiger partial charge in [0, 0.05) is 6.92 Å². The minimum atomic E-state index is -2.06. The molecule has 0 aliphatic carbocycles. The number of ether oxygens (including phenoxy) is 2. The monoisotopic (exact) mass is 295 g/mol. The summed E-state index contributed by atoms with van der Waals surface area (Å²) in [6, 6.07) is 0. The van der Waals surface area contributed by atoms with E-state index >= 15 is 0 Å². The Labute approximate surface area is 115 Å². The molecule has 0 saturated carbocycles. The summed E-state index contributed by atoms with van der Waals surface area (Å²) in [5, 5.41) is 31.3. The first-order valence-corrected chi connectivity index (χ1v) is 6.19. The summed E-state index contributed by atoms with van der Waals surface area (Å²) in [6.07, 6.45) is -3.96. The molecule has 1 amide bonds. The van der Waals surface area contributed by atoms with Crippen LogP contribution < -0.4 is 5.32 Å². The Kier molecular flexibility index (Phi) is 5.56. The molecular formula is C10H17NO7S. The lowest BCUT2D eigenvalue weighted by atomic mass is 9.94. The van der Waals surface area contributed by atoms with Gasteiger partial charge in [-0.05, 0) is 0 Å². The van der Waals surface area contributed by atoms with Gasteiger partial charge in [-0.1, -0.05) is 0 Å². The Hall–Kier alpha value is -0.870. The Morgan fingerprint density at radius 2 is 2.21 bits per heavy atom. The zero-order valence-corrected chi connectivity index (χ0v) is 11.2. The second kappa shape index (κ2) is 6.53. The van der Waals surface area contributed by atoms with Crippen LogP contribution in [0.15, 0.2) is 0 Å². The van der Waals surface area contributed by atoms with Crippen LogP contribution in [0.2, 0.25) is 0 Å². The van der Waals surface area contributed by atoms with Crippen LogP contribution in [0.5, 0.6) is 0 Å². The highest BCUT2D eigenvalue weighted by Gasteiger charge is 2.52. The van der Waals surface area contributed by atoms with Gasteiger partial charge in [-0.25, -0.2) is 0 Å². The van der Waals surface area contributed by atoms with Gasteiger partial charge in [0.05, 0.1) is 19.0 Å². The average molecular weight is 295 g/mol. The molecule has 110 valence electrons. The molecule has 19 heavy (non-hydrogen) atoms. The maximum atomic E-state index is 11.3. The van der Waals surface area contributed by atoms with Crippen molar-refractivity contribution in [2.45, 2.75) is 31.0 Å². The summed E-state index contributed by atoms with van der Waals surface area (Å²) < 4.78 is 9.91. The predicted octanol–water partition coefficient (Wildman–Crippen LogP) is -2.60. The maximum Gasteiger partial charge on any atom is 0.316 e. The Morgan fingerprint density at radius 1 is 1.58 bits per heavy atom. The first-order chi connectivity index (χ1) is 8.84. The summed E-state index contributed by atoms with van der Waals surface area (Å²) in [7, 11) is 0. The van der Waals surface area contributed by atoms with Crippen LogP contribution in [-0.4, -0.2) is 70.2 Å². The van der Waals surface area contributed by atoms with Gasteiger partial charge >= 0.3 is 5.97 Å². The highest BCUT2D eigenvalue weighted by atomic mass is 32.1. The van der Waals surface area contributed by atoms with Crippen LogP contribution in [0.4, 0.5) is 0 Å². The molecule has 0 aromatic rings. The smallest absolute Gasteiger partial charge is 0.316 e. The van der Waals surface area contributed by atoms with Crippen molar-refractivity contribution in [1.29, 1.82) is 0 Å². The molecule has 4 N–H and O–H groups in total. The second-order valence-electron chi connectivity index (χ2n) is 4.20. The molecule has 0 spiro atoms. The van der Waals surface area contributed by atoms with Crippen molar-refractivity contribution in [1.82, 2.24) is 5.32 Å². The van der Waals surface area contributed by atoms with Crippen LogP contribution >= 0.6 is 12.6 Å². The molecule has 1 aliphatic rings. The highest BCUT2D eigenvalue weighted by Crippen LogP contribution is 2.25. The van der Waals surface area contributed by atoms with Crippen LogP contribution in [0.1, 0.15) is 6.92 Å². The Balaban J connectivity index is 2.94. The van der Waals surface area contributed by atoms with Crippen molar-refractivity contribution >= 4 is 24.5 Å². The number of carbonyl (C=O) groups excluding carboxylic acids is 2. The lowest BCUT2D eigenvalue weighted by molar-refractivity contribution is -0.256. The minimum absolute atomic E-state index is 0.260. The van der Waals surface area contributed by atoms with E-state index in [-0.39, 0.29) is 5.75 Å². The van der Waals surface area contributed by atoms with E-state index in [9.17, 15) is 19.8 Å². The third-order valence-corrected chi connectivity index (χ3v) is 2.90. The van der Waals surface area contributed by atoms with Gasteiger partial charge in [-0.3, -0.25) is 9.59 Å². The van der Waals surface area contributed by atoms with E-state index < -0.39 is 49.1 Å². The third-order valence-electron chi connectivity index (χ3n) is 2.64. The molecule has 1 saturated heterocycles. The summed E-state index contributed by atoms with van der Waals surface area (Å²) >= 11 is 3.71. The Morgan fingerprint density at radius 3 is 2.68 bits per heavy atom. The van der Waals surface area contributed by atoms with Crippen molar-refractivity contribution in [3.63, 3.8) is 0 Å². The zero-order chi connectivity index (χ0) is 14.6. The molecule has 1 aliphatic heterocycles. The van der Waals surface area contributed by atoms with Crippen molar-refractivity contribution < 1.29 is 34.4 Å². The molecule has 0 aromatic carbocycles. The number of hydrogen-bond donors (Lipinski definition) is 5. The highest BCUT2D eigenvalue weighted by molar-refractivity contribution is 7.81. The standard InChI is InChI=1S/C10H17NO7S/c1-5(13)11-10(16)4-17-6(2-12)8(15)9(10)18-7(14)3-19/h6,8-9,12,15-16,19H,2-4H2,1H3,(H,11,13)/t6-,8-,9+,10+/m1/s1. The number of rotatable bonds is 4. The molecule has 1 rings (SSSR count). The lowest BCUT2D eigenvalue weighted by Gasteiger charge is -2.44. The molecule has 0 aromatic heterocycles. The predicted molar refractivity (Wildman–Crippen MR) is 65.3 cm³/mol. The summed E-state index contributed by atoms with van der Waals surface area (Å²) in [6.45, 7) is 0.200. The topological polar surface area (TPSA) is 125 Å². The maximum absolute atomic E-state index is 11.3. The summed E-state index contributed by atoms with van der Waals surface area (Å²) in [5.41, 5.74) is -2.06. The fourth-order valence-electron chi connectivity index (χ4n) is 1.81. The van der Waals surface area contributed by atoms with Crippen LogP contribution in [0.25, 0.3) is 0 Å². The Bertz CT molecular complexity index is 353. The SMILES string of the molecule is CC(=O)N[C@]1(O)CO[C@H](CO)[C@@H](O)[C@@H]1OC(=O)CS. The van der Waals surface area contributed by atoms with Crippen molar-refractivity contribution in [3.8, 4) is 0 Å². The molecule has 1 fully saturated rings. The van der Waals surface area contributed by atoms with Crippen molar-refractivity contribution in [2.24, 2.45) is 0 Å². The molecule has 4 atom stereocenters. The molecule has 0 bridgehead atoms. The van der Waals surface area contributed by atoms with E-state index in [1.165, 1.54) is 0 Å². The quantitative estimate of drug-likeness (QED) is 0.219. The first-order valence-electron chi connectivity index (χ1n) is 5.56. The normalized spacial score (nSPS) is 34.7. The molecule has 1 heterocycles. The van der Waals surface area contributed by atoms with Crippen LogP contribution in [0.3, 0.4) is 0 Å². The zero-order valence-electron chi connectivity index (χ0n) is 10.3. The van der Waals surface area contributed by atoms with Gasteiger partial charge in [0.15, 0.2) is 6.10 Å². The van der Waals surface area contributed by atoms with E-state index in [1.54, 1.807) is 0 Å². The number of thiol groups is 1. The van der Waals surface area contributed by atoms with Gasteiger partial charge in [0.25, 0.3) is 0 Å². The minimum Gasteiger partial charge on any atom is -0.454 e. The summed E-state index contributed by atoms with van der Waals surface area (Å²) in [5.74, 6) is -1.63. The number of carbonyl (C=O) groups is 2. The number of aliphatic hydroxyl groups excluding tert-OH is 2. The van der Waals surface area contributed by atoms with Crippen LogP contribution in [0, 0.1) is 0 Å². The molecule has 0 radical (unpaired) electrons. The van der Waals surface area contributed by atoms with Gasteiger partial charge < -0.3 is 30.1 Å². The molecular weight excluding hydrogens is 278 g/mol. The summed E-state index contributed by atoms with van der Waals surface area (Å²) in [4.78, 5) is 22.3. The number of amides is 1. The average Bonchev–Trinajstić information content (AvgIpc) is 2.33. The van der Waals surface area contributed by atoms with Gasteiger partial charge in [-0.2, -0.15) is 12.6 Å². The van der Waals surface area contributed by atoms with Crippen molar-refractivity contribution in [2.75, 3.05) is 19.0 Å². The lowest BCUT2D eigenvalue weighted by Crippen LogP contribution is -2.70. The number of esters is 1. The number of hydrogen-bond acceptors (Lipinski definition) is 8. The van der Waals surface area contributed by atoms with Gasteiger partial charge in [0.2, 0.25) is 11.6 Å². The number of nitrogens with one attached hydrogen (secondary N) is 1. The van der Waals surface area contributed by atoms with E-state index in [4.69, 9.17) is 14.6 Å². The molecule has 0 unspecified atom stereocenters. The van der Waals surface area contributed by atoms with Gasteiger partial charge in [-0.15, -0.1) is 0 Å². The third kappa shape index (κ3) is 3.80. The van der Waals surface area contributed by atoms with Gasteiger partial charge in [0.1, 0.15) is 12.2 Å². The second-order valence-corrected chi connectivity index (χ2v) is 4.51. The molecule has 8 nitrogen and oxygen atoms in total. The fraction of sp³-hybridized carbons (Fsp3) is 0.800. The fourth-order valence-corrected chi connectivity index (χ4v) is 1.89. The van der Waals surface area contributed by atoms with E-state index in [0.29, 0.717) is 0 Å². The van der Waals surface area contributed by atoms with Crippen LogP contribution in [-0.2, 0) is 19.1 Å². The van der Waals surface area contributed by atoms with E-state index in [0.717, 1.165) is 6.92 Å².